The van der Waals surface area contributed by atoms with E-state index in [1.807, 2.05) is 0 Å². The molecule has 0 spiro atoms. The number of amides is 4. The standard InChI is InChI=1S/C12H11N9O4.C10H12N6O2/c1-5-2-8(18-15-5)13-11(22)6-3-9(19-16-6)14-12(23)7-4-10(20-17-7)21(24)25;1-5-3-7(15-13-5)11-9(17)10(18)12-8-4-6(2)14-16-8/h2-4H,1H3,(H,17,20)(H2,13,15,18,22)(H2,14,16,19,23);3-4H,1-2H3,(H2,11,13,15,17)(H2,12,14,16,18). The number of aromatic nitrogens is 10. The zero-order valence-electron chi connectivity index (χ0n) is 22.5. The molecule has 0 aromatic carbocycles. The largest absolute Gasteiger partial charge is 0.358 e. The topological polar surface area (TPSA) is 303 Å². The van der Waals surface area contributed by atoms with Gasteiger partial charge in [-0.15, -0.1) is 5.10 Å². The number of nitrogens with zero attached hydrogens (tertiary/aromatic N) is 6. The third kappa shape index (κ3) is 7.93. The fraction of sp³-hybridized carbons (Fsp3) is 0.136. The van der Waals surface area contributed by atoms with Gasteiger partial charge in [0, 0.05) is 41.3 Å². The van der Waals surface area contributed by atoms with Crippen molar-refractivity contribution >= 4 is 52.7 Å². The summed E-state index contributed by atoms with van der Waals surface area (Å²) in [5.74, 6) is -2.26. The Labute approximate surface area is 239 Å². The van der Waals surface area contributed by atoms with Gasteiger partial charge in [-0.3, -0.25) is 39.6 Å². The summed E-state index contributed by atoms with van der Waals surface area (Å²) in [6.45, 7) is 5.36. The molecule has 21 nitrogen and oxygen atoms in total. The predicted octanol–water partition coefficient (Wildman–Crippen LogP) is 0.904. The van der Waals surface area contributed by atoms with Crippen LogP contribution in [0.15, 0.2) is 30.3 Å². The maximum atomic E-state index is 12.0. The van der Waals surface area contributed by atoms with Crippen LogP contribution in [0.4, 0.5) is 29.1 Å². The molecule has 0 aliphatic heterocycles. The van der Waals surface area contributed by atoms with Crippen LogP contribution in [0.3, 0.4) is 0 Å². The minimum absolute atomic E-state index is 0.0546. The van der Waals surface area contributed by atoms with E-state index in [4.69, 9.17) is 0 Å². The molecule has 5 aromatic heterocycles. The summed E-state index contributed by atoms with van der Waals surface area (Å²) in [5, 5.41) is 51.5. The Balaban J connectivity index is 0.000000208. The van der Waals surface area contributed by atoms with Gasteiger partial charge in [0.25, 0.3) is 11.8 Å². The van der Waals surface area contributed by atoms with Crippen LogP contribution in [0.25, 0.3) is 0 Å². The first kappa shape index (κ1) is 29.3. The monoisotopic (exact) mass is 593 g/mol. The highest BCUT2D eigenvalue weighted by Crippen LogP contribution is 2.13. The fourth-order valence-electron chi connectivity index (χ4n) is 3.18. The third-order valence-electron chi connectivity index (χ3n) is 5.11. The van der Waals surface area contributed by atoms with Gasteiger partial charge in [0.05, 0.1) is 6.07 Å². The maximum absolute atomic E-state index is 12.0. The van der Waals surface area contributed by atoms with Crippen LogP contribution in [-0.2, 0) is 9.59 Å². The minimum atomic E-state index is -0.804. The molecule has 4 amide bonds. The summed E-state index contributed by atoms with van der Waals surface area (Å²) < 4.78 is 0. The quantitative estimate of drug-likeness (QED) is 0.0725. The van der Waals surface area contributed by atoms with Crippen molar-refractivity contribution in [2.24, 2.45) is 0 Å². The molecule has 0 atom stereocenters. The van der Waals surface area contributed by atoms with E-state index in [1.165, 1.54) is 6.07 Å². The number of hydrogen-bond acceptors (Lipinski definition) is 11. The summed E-state index contributed by atoms with van der Waals surface area (Å²) in [6.07, 6.45) is 0. The van der Waals surface area contributed by atoms with Gasteiger partial charge < -0.3 is 31.4 Å². The van der Waals surface area contributed by atoms with E-state index >= 15 is 0 Å². The summed E-state index contributed by atoms with van der Waals surface area (Å²) in [6, 6.07) is 7.15. The van der Waals surface area contributed by atoms with Crippen LogP contribution >= 0.6 is 0 Å². The minimum Gasteiger partial charge on any atom is -0.358 e. The van der Waals surface area contributed by atoms with E-state index in [0.717, 1.165) is 23.1 Å². The molecular weight excluding hydrogens is 570 g/mol. The molecule has 0 radical (unpaired) electrons. The highest BCUT2D eigenvalue weighted by Gasteiger charge is 2.19. The van der Waals surface area contributed by atoms with Crippen molar-refractivity contribution in [2.75, 3.05) is 21.3 Å². The number of carbonyl (C=O) groups is 4. The van der Waals surface area contributed by atoms with Crippen molar-refractivity contribution in [3.05, 3.63) is 68.9 Å². The molecule has 5 rings (SSSR count). The lowest BCUT2D eigenvalue weighted by molar-refractivity contribution is -0.389. The average molecular weight is 594 g/mol. The summed E-state index contributed by atoms with van der Waals surface area (Å²) >= 11 is 0. The lowest BCUT2D eigenvalue weighted by atomic mass is 10.3. The SMILES string of the molecule is Cc1cc(NC(=O)C(=O)Nc2cc(C)[nH]n2)n[nH]1.Cc1cc(NC(=O)c2cc(NC(=O)c3cc([N+](=O)[O-])[nH]n3)n[nH]2)n[nH]1. The number of rotatable bonds is 7. The molecule has 0 saturated heterocycles. The van der Waals surface area contributed by atoms with Crippen molar-refractivity contribution in [1.29, 1.82) is 0 Å². The molecule has 0 bridgehead atoms. The van der Waals surface area contributed by atoms with Gasteiger partial charge in [-0.2, -0.15) is 20.4 Å². The molecule has 0 aliphatic carbocycles. The maximum Gasteiger partial charge on any atom is 0.343 e. The lowest BCUT2D eigenvalue weighted by Crippen LogP contribution is -2.29. The first-order valence-corrected chi connectivity index (χ1v) is 12.0. The van der Waals surface area contributed by atoms with Crippen LogP contribution in [0.1, 0.15) is 38.1 Å². The molecule has 0 fully saturated rings. The van der Waals surface area contributed by atoms with Gasteiger partial charge in [-0.05, 0) is 25.7 Å². The van der Waals surface area contributed by atoms with Crippen molar-refractivity contribution in [3.8, 4) is 0 Å². The first-order chi connectivity index (χ1) is 20.5. The first-order valence-electron chi connectivity index (χ1n) is 12.0. The summed E-state index contributed by atoms with van der Waals surface area (Å²) in [5.41, 5.74) is 2.25. The number of carbonyl (C=O) groups excluding carboxylic acids is 4. The molecule has 222 valence electrons. The van der Waals surface area contributed by atoms with Crippen LogP contribution in [0, 0.1) is 30.9 Å². The van der Waals surface area contributed by atoms with Crippen LogP contribution in [0.5, 0.6) is 0 Å². The van der Waals surface area contributed by atoms with Gasteiger partial charge in [-0.1, -0.05) is 5.10 Å². The Kier molecular flexibility index (Phi) is 8.64. The number of aromatic amines is 5. The fourth-order valence-corrected chi connectivity index (χ4v) is 3.18. The Morgan fingerprint density at radius 1 is 0.605 bits per heavy atom. The van der Waals surface area contributed by atoms with Gasteiger partial charge in [0.1, 0.15) is 5.69 Å². The van der Waals surface area contributed by atoms with E-state index in [2.05, 4.69) is 72.3 Å². The van der Waals surface area contributed by atoms with Gasteiger partial charge in [0.15, 0.2) is 29.0 Å². The summed E-state index contributed by atoms with van der Waals surface area (Å²) in [4.78, 5) is 56.9. The Hall–Kier alpha value is -6.67. The Bertz CT molecular complexity index is 1740. The number of nitro groups is 1. The molecule has 0 unspecified atom stereocenters. The van der Waals surface area contributed by atoms with E-state index < -0.39 is 34.4 Å². The molecule has 0 aliphatic rings. The number of nitrogens with one attached hydrogen (secondary N) is 9. The van der Waals surface area contributed by atoms with E-state index in [-0.39, 0.29) is 17.2 Å². The van der Waals surface area contributed by atoms with Crippen LogP contribution < -0.4 is 21.3 Å². The second-order valence-corrected chi connectivity index (χ2v) is 8.69. The van der Waals surface area contributed by atoms with Crippen molar-refractivity contribution in [3.63, 3.8) is 0 Å². The molecule has 5 heterocycles. The molecule has 0 saturated carbocycles. The zero-order chi connectivity index (χ0) is 31.1. The number of H-pyrrole nitrogens is 5. The number of aryl methyl sites for hydroxylation is 3. The normalized spacial score (nSPS) is 10.3. The highest BCUT2D eigenvalue weighted by molar-refractivity contribution is 6.43. The predicted molar refractivity (Wildman–Crippen MR) is 147 cm³/mol. The number of hydrogen-bond donors (Lipinski definition) is 9. The smallest absolute Gasteiger partial charge is 0.343 e. The van der Waals surface area contributed by atoms with Gasteiger partial charge in [-0.25, -0.2) is 0 Å². The Morgan fingerprint density at radius 2 is 1.05 bits per heavy atom. The summed E-state index contributed by atoms with van der Waals surface area (Å²) in [7, 11) is 0. The average Bonchev–Trinajstić information content (AvgIpc) is 3.78. The molecule has 21 heteroatoms. The lowest BCUT2D eigenvalue weighted by Gasteiger charge is -2.01. The second-order valence-electron chi connectivity index (χ2n) is 8.69. The van der Waals surface area contributed by atoms with Crippen LogP contribution in [-0.4, -0.2) is 79.5 Å². The van der Waals surface area contributed by atoms with Gasteiger partial charge in [0.2, 0.25) is 0 Å². The molecular formula is C22H23N15O6. The molecule has 5 aromatic rings. The van der Waals surface area contributed by atoms with Crippen molar-refractivity contribution in [1.82, 2.24) is 51.0 Å². The van der Waals surface area contributed by atoms with Gasteiger partial charge >= 0.3 is 17.6 Å². The van der Waals surface area contributed by atoms with Crippen molar-refractivity contribution in [2.45, 2.75) is 20.8 Å². The Morgan fingerprint density at radius 3 is 1.49 bits per heavy atom. The number of anilines is 4. The zero-order valence-corrected chi connectivity index (χ0v) is 22.5. The second kappa shape index (κ2) is 12.7. The van der Waals surface area contributed by atoms with E-state index in [9.17, 15) is 29.3 Å². The molecule has 43 heavy (non-hydrogen) atoms. The molecule has 9 N–H and O–H groups in total. The van der Waals surface area contributed by atoms with E-state index in [1.54, 1.807) is 39.0 Å². The third-order valence-corrected chi connectivity index (χ3v) is 5.11. The van der Waals surface area contributed by atoms with Crippen LogP contribution in [0.2, 0.25) is 0 Å². The highest BCUT2D eigenvalue weighted by atomic mass is 16.6. The van der Waals surface area contributed by atoms with Crippen molar-refractivity contribution < 1.29 is 24.1 Å². The van der Waals surface area contributed by atoms with E-state index in [0.29, 0.717) is 17.5 Å².